The number of guanidine groups is 1. The molecule has 3 N–H and O–H groups in total. The molecular weight excluding hydrogens is 416 g/mol. The van der Waals surface area contributed by atoms with Crippen LogP contribution in [0.25, 0.3) is 10.9 Å². The van der Waals surface area contributed by atoms with Gasteiger partial charge in [-0.2, -0.15) is 0 Å². The number of likely N-dealkylation sites (tertiary alicyclic amines) is 1. The lowest BCUT2D eigenvalue weighted by Crippen LogP contribution is -2.41. The van der Waals surface area contributed by atoms with Gasteiger partial charge in [0.05, 0.1) is 17.4 Å². The van der Waals surface area contributed by atoms with Gasteiger partial charge in [-0.3, -0.25) is 19.5 Å². The van der Waals surface area contributed by atoms with Crippen LogP contribution in [0.4, 0.5) is 5.82 Å². The molecule has 8 heteroatoms. The van der Waals surface area contributed by atoms with Crippen molar-refractivity contribution < 1.29 is 9.59 Å². The van der Waals surface area contributed by atoms with E-state index in [2.05, 4.69) is 44.1 Å². The van der Waals surface area contributed by atoms with Gasteiger partial charge in [0.2, 0.25) is 11.8 Å². The summed E-state index contributed by atoms with van der Waals surface area (Å²) in [6, 6.07) is 12.1. The van der Waals surface area contributed by atoms with Crippen molar-refractivity contribution in [1.29, 1.82) is 0 Å². The highest BCUT2D eigenvalue weighted by Crippen LogP contribution is 2.52. The number of carbonyl (C=O) groups is 2. The number of benzene rings is 1. The molecule has 2 heterocycles. The van der Waals surface area contributed by atoms with E-state index >= 15 is 0 Å². The maximum Gasteiger partial charge on any atom is 0.233 e. The number of hydrogen-bond donors (Lipinski definition) is 3. The van der Waals surface area contributed by atoms with Crippen LogP contribution in [0, 0.1) is 23.7 Å². The number of allylic oxidation sites excluding steroid dienone is 2. The highest BCUT2D eigenvalue weighted by atomic mass is 16.2. The van der Waals surface area contributed by atoms with Gasteiger partial charge in [0, 0.05) is 38.6 Å². The van der Waals surface area contributed by atoms with Crippen LogP contribution in [0.3, 0.4) is 0 Å². The highest BCUT2D eigenvalue weighted by Gasteiger charge is 2.58. The van der Waals surface area contributed by atoms with Crippen LogP contribution in [0.15, 0.2) is 53.5 Å². The summed E-state index contributed by atoms with van der Waals surface area (Å²) in [6.45, 7) is 2.47. The lowest BCUT2D eigenvalue weighted by atomic mass is 9.85. The average Bonchev–Trinajstić information content (AvgIpc) is 3.52. The first-order valence-electron chi connectivity index (χ1n) is 11.7. The van der Waals surface area contributed by atoms with E-state index in [1.54, 1.807) is 7.05 Å². The smallest absolute Gasteiger partial charge is 0.233 e. The quantitative estimate of drug-likeness (QED) is 0.189. The third-order valence-corrected chi connectivity index (χ3v) is 6.96. The molecular formula is C25H30N6O2. The second-order valence-corrected chi connectivity index (χ2v) is 8.92. The first kappa shape index (κ1) is 21.4. The Morgan fingerprint density at radius 1 is 1.00 bits per heavy atom. The zero-order valence-electron chi connectivity index (χ0n) is 18.8. The summed E-state index contributed by atoms with van der Waals surface area (Å²) in [5.41, 5.74) is 0.968. The van der Waals surface area contributed by atoms with E-state index in [1.807, 2.05) is 30.3 Å². The Morgan fingerprint density at radius 2 is 1.73 bits per heavy atom. The molecule has 2 aliphatic carbocycles. The van der Waals surface area contributed by atoms with Crippen molar-refractivity contribution in [2.75, 3.05) is 38.5 Å². The van der Waals surface area contributed by atoms with Gasteiger partial charge in [0.1, 0.15) is 5.82 Å². The summed E-state index contributed by atoms with van der Waals surface area (Å²) in [6.07, 6.45) is 5.92. The number of pyridine rings is 1. The van der Waals surface area contributed by atoms with E-state index in [4.69, 9.17) is 0 Å². The van der Waals surface area contributed by atoms with Crippen LogP contribution in [0.1, 0.15) is 12.8 Å². The van der Waals surface area contributed by atoms with Gasteiger partial charge in [-0.25, -0.2) is 4.98 Å². The summed E-state index contributed by atoms with van der Waals surface area (Å²) in [7, 11) is 1.73. The number of imide groups is 1. The van der Waals surface area contributed by atoms with Gasteiger partial charge in [-0.1, -0.05) is 30.4 Å². The summed E-state index contributed by atoms with van der Waals surface area (Å²) >= 11 is 0. The fourth-order valence-electron chi connectivity index (χ4n) is 5.38. The molecule has 0 radical (unpaired) electrons. The summed E-state index contributed by atoms with van der Waals surface area (Å²) in [4.78, 5) is 35.8. The number of amides is 2. The molecule has 2 amide bonds. The molecule has 1 aromatic heterocycles. The van der Waals surface area contributed by atoms with Crippen LogP contribution >= 0.6 is 0 Å². The molecule has 1 aliphatic heterocycles. The van der Waals surface area contributed by atoms with Crippen molar-refractivity contribution in [3.63, 3.8) is 0 Å². The number of hydrogen-bond acceptors (Lipinski definition) is 5. The van der Waals surface area contributed by atoms with Crippen molar-refractivity contribution >= 4 is 34.5 Å². The third kappa shape index (κ3) is 4.17. The Bertz CT molecular complexity index is 1080. The van der Waals surface area contributed by atoms with Gasteiger partial charge < -0.3 is 16.0 Å². The van der Waals surface area contributed by atoms with Crippen molar-refractivity contribution in [3.05, 3.63) is 48.6 Å². The second kappa shape index (κ2) is 9.21. The van der Waals surface area contributed by atoms with Gasteiger partial charge in [0.15, 0.2) is 5.96 Å². The number of para-hydroxylation sites is 1. The zero-order valence-corrected chi connectivity index (χ0v) is 18.8. The van der Waals surface area contributed by atoms with Crippen molar-refractivity contribution in [2.24, 2.45) is 28.7 Å². The summed E-state index contributed by atoms with van der Waals surface area (Å²) in [5, 5.41) is 11.0. The molecule has 172 valence electrons. The number of rotatable bonds is 8. The molecule has 1 saturated heterocycles. The van der Waals surface area contributed by atoms with E-state index in [-0.39, 0.29) is 35.5 Å². The molecule has 2 bridgehead atoms. The van der Waals surface area contributed by atoms with E-state index < -0.39 is 0 Å². The molecule has 4 atom stereocenters. The minimum absolute atomic E-state index is 0.0257. The second-order valence-electron chi connectivity index (χ2n) is 8.92. The highest BCUT2D eigenvalue weighted by molar-refractivity contribution is 6.06. The average molecular weight is 447 g/mol. The van der Waals surface area contributed by atoms with Crippen LogP contribution < -0.4 is 16.0 Å². The molecule has 1 aromatic carbocycles. The predicted molar refractivity (Wildman–Crippen MR) is 129 cm³/mol. The fourth-order valence-corrected chi connectivity index (χ4v) is 5.38. The minimum Gasteiger partial charge on any atom is -0.368 e. The molecule has 0 spiro atoms. The molecule has 4 unspecified atom stereocenters. The molecule has 1 saturated carbocycles. The Kier molecular flexibility index (Phi) is 5.98. The Balaban J connectivity index is 1.01. The monoisotopic (exact) mass is 446 g/mol. The van der Waals surface area contributed by atoms with Crippen molar-refractivity contribution in [1.82, 2.24) is 20.5 Å². The number of fused-ring (bicyclic) bond motifs is 6. The number of nitrogens with one attached hydrogen (secondary N) is 3. The Morgan fingerprint density at radius 3 is 2.48 bits per heavy atom. The fraction of sp³-hybridized carbons (Fsp3) is 0.440. The first-order valence-corrected chi connectivity index (χ1v) is 11.7. The lowest BCUT2D eigenvalue weighted by molar-refractivity contribution is -0.140. The number of nitrogens with zero attached hydrogens (tertiary/aromatic N) is 3. The molecule has 2 fully saturated rings. The first-order chi connectivity index (χ1) is 16.2. The normalized spacial score (nSPS) is 25.7. The van der Waals surface area contributed by atoms with Gasteiger partial charge in [0.25, 0.3) is 0 Å². The lowest BCUT2D eigenvalue weighted by Gasteiger charge is -2.18. The Hall–Kier alpha value is -3.42. The SMILES string of the molecule is CN=C(NCCCN1C(=O)C2C3C=CC(C3)C2C1=O)NCCNc1ccc2ccccc2n1. The van der Waals surface area contributed by atoms with E-state index in [1.165, 1.54) is 4.90 Å². The molecule has 2 aromatic rings. The van der Waals surface area contributed by atoms with Crippen LogP contribution in [-0.4, -0.2) is 60.9 Å². The third-order valence-electron chi connectivity index (χ3n) is 6.96. The van der Waals surface area contributed by atoms with Crippen LogP contribution in [0.2, 0.25) is 0 Å². The molecule has 5 rings (SSSR count). The van der Waals surface area contributed by atoms with Gasteiger partial charge >= 0.3 is 0 Å². The maximum absolute atomic E-state index is 12.7. The van der Waals surface area contributed by atoms with Gasteiger partial charge in [-0.05, 0) is 42.9 Å². The summed E-state index contributed by atoms with van der Waals surface area (Å²) < 4.78 is 0. The molecule has 3 aliphatic rings. The number of carbonyl (C=O) groups excluding carboxylic acids is 2. The largest absolute Gasteiger partial charge is 0.368 e. The maximum atomic E-state index is 12.7. The molecule has 8 nitrogen and oxygen atoms in total. The Labute approximate surface area is 193 Å². The van der Waals surface area contributed by atoms with E-state index in [9.17, 15) is 9.59 Å². The van der Waals surface area contributed by atoms with Crippen LogP contribution in [-0.2, 0) is 9.59 Å². The zero-order chi connectivity index (χ0) is 22.8. The number of anilines is 1. The standard InChI is InChI=1S/C25H30N6O2/c1-26-25(29-13-12-27-20-10-9-16-5-2-3-6-19(16)30-20)28-11-4-14-31-23(32)21-17-7-8-18(15-17)22(21)24(31)33/h2-3,5-10,17-18,21-22H,4,11-15H2,1H3,(H,27,30)(H2,26,28,29). The topological polar surface area (TPSA) is 98.7 Å². The number of aromatic nitrogens is 1. The van der Waals surface area contributed by atoms with Crippen molar-refractivity contribution in [2.45, 2.75) is 12.8 Å². The van der Waals surface area contributed by atoms with Crippen LogP contribution in [0.5, 0.6) is 0 Å². The predicted octanol–water partition coefficient (Wildman–Crippen LogP) is 2.01. The van der Waals surface area contributed by atoms with Gasteiger partial charge in [-0.15, -0.1) is 0 Å². The number of aliphatic imine (C=N–C) groups is 1. The summed E-state index contributed by atoms with van der Waals surface area (Å²) in [5.74, 6) is 1.89. The minimum atomic E-state index is -0.112. The van der Waals surface area contributed by atoms with Crippen molar-refractivity contribution in [3.8, 4) is 0 Å². The van der Waals surface area contributed by atoms with E-state index in [0.717, 1.165) is 23.1 Å². The molecule has 33 heavy (non-hydrogen) atoms. The van der Waals surface area contributed by atoms with E-state index in [0.29, 0.717) is 38.6 Å².